The summed E-state index contributed by atoms with van der Waals surface area (Å²) in [6.45, 7) is 2.98. The van der Waals surface area contributed by atoms with Gasteiger partial charge in [0.05, 0.1) is 0 Å². The highest BCUT2D eigenvalue weighted by Crippen LogP contribution is 2.28. The predicted molar refractivity (Wildman–Crippen MR) is 45.3 cm³/mol. The highest BCUT2D eigenvalue weighted by atomic mass is 16.3. The Morgan fingerprint density at radius 1 is 1.55 bits per heavy atom. The largest absolute Gasteiger partial charge is 0.396 e. The lowest BCUT2D eigenvalue weighted by molar-refractivity contribution is 0.0882. The monoisotopic (exact) mass is 158 g/mol. The molecule has 0 aliphatic carbocycles. The van der Waals surface area contributed by atoms with Crippen molar-refractivity contribution in [3.05, 3.63) is 0 Å². The van der Waals surface area contributed by atoms with E-state index in [0.29, 0.717) is 6.54 Å². The van der Waals surface area contributed by atoms with Crippen LogP contribution >= 0.6 is 0 Å². The number of rotatable bonds is 3. The first kappa shape index (κ1) is 8.97. The Morgan fingerprint density at radius 3 is 2.82 bits per heavy atom. The van der Waals surface area contributed by atoms with Crippen molar-refractivity contribution in [3.8, 4) is 0 Å². The first-order chi connectivity index (χ1) is 5.33. The zero-order valence-corrected chi connectivity index (χ0v) is 6.97. The molecule has 0 aromatic carbocycles. The molecular formula is C8H18N2O. The molecule has 1 fully saturated rings. The van der Waals surface area contributed by atoms with Crippen LogP contribution in [-0.2, 0) is 0 Å². The number of hydrogen-bond donors (Lipinski definition) is 3. The Balaban J connectivity index is 2.42. The van der Waals surface area contributed by atoms with Gasteiger partial charge in [-0.25, -0.2) is 0 Å². The molecule has 1 aliphatic heterocycles. The van der Waals surface area contributed by atoms with Crippen LogP contribution < -0.4 is 11.1 Å². The van der Waals surface area contributed by atoms with E-state index in [1.165, 1.54) is 6.42 Å². The van der Waals surface area contributed by atoms with Gasteiger partial charge in [-0.05, 0) is 32.4 Å². The Hall–Kier alpha value is -0.120. The smallest absolute Gasteiger partial charge is 0.0500 e. The van der Waals surface area contributed by atoms with Crippen molar-refractivity contribution >= 4 is 0 Å². The average Bonchev–Trinajstić information content (AvgIpc) is 2.07. The Labute approximate surface area is 68.0 Å². The van der Waals surface area contributed by atoms with E-state index in [9.17, 15) is 5.11 Å². The molecule has 1 unspecified atom stereocenters. The summed E-state index contributed by atoms with van der Waals surface area (Å²) in [6.07, 6.45) is 3.23. The fourth-order valence-corrected chi connectivity index (χ4v) is 1.76. The molecule has 1 heterocycles. The van der Waals surface area contributed by atoms with E-state index in [0.717, 1.165) is 25.9 Å². The molecule has 0 spiro atoms. The minimum Gasteiger partial charge on any atom is -0.396 e. The molecule has 0 saturated carbocycles. The number of piperidine rings is 1. The number of hydrogen-bond acceptors (Lipinski definition) is 3. The van der Waals surface area contributed by atoms with Crippen molar-refractivity contribution in [1.29, 1.82) is 0 Å². The van der Waals surface area contributed by atoms with Crippen LogP contribution in [0.1, 0.15) is 19.3 Å². The van der Waals surface area contributed by atoms with Gasteiger partial charge in [0.25, 0.3) is 0 Å². The van der Waals surface area contributed by atoms with Crippen LogP contribution in [0.25, 0.3) is 0 Å². The van der Waals surface area contributed by atoms with Gasteiger partial charge in [0.15, 0.2) is 0 Å². The molecule has 0 amide bonds. The summed E-state index contributed by atoms with van der Waals surface area (Å²) in [5.41, 5.74) is 5.57. The van der Waals surface area contributed by atoms with Gasteiger partial charge >= 0.3 is 0 Å². The average molecular weight is 158 g/mol. The third-order valence-corrected chi connectivity index (χ3v) is 2.57. The second-order valence-corrected chi connectivity index (χ2v) is 3.48. The maximum absolute atomic E-state index is 9.18. The Bertz CT molecular complexity index is 105. The van der Waals surface area contributed by atoms with E-state index in [-0.39, 0.29) is 12.0 Å². The second-order valence-electron chi connectivity index (χ2n) is 3.48. The Kier molecular flexibility index (Phi) is 3.30. The van der Waals surface area contributed by atoms with Gasteiger partial charge in [0, 0.05) is 18.6 Å². The molecule has 0 radical (unpaired) electrons. The summed E-state index contributed by atoms with van der Waals surface area (Å²) in [7, 11) is 0. The molecule has 1 aliphatic rings. The minimum absolute atomic E-state index is 0.0903. The normalized spacial score (nSPS) is 32.2. The van der Waals surface area contributed by atoms with Gasteiger partial charge in [0.1, 0.15) is 0 Å². The highest BCUT2D eigenvalue weighted by Gasteiger charge is 2.29. The summed E-state index contributed by atoms with van der Waals surface area (Å²) < 4.78 is 0. The van der Waals surface area contributed by atoms with Gasteiger partial charge in [0.2, 0.25) is 0 Å². The topological polar surface area (TPSA) is 58.3 Å². The molecule has 1 saturated heterocycles. The number of nitrogens with one attached hydrogen (secondary N) is 1. The molecule has 0 bridgehead atoms. The number of aliphatic hydroxyl groups is 1. The van der Waals surface area contributed by atoms with E-state index >= 15 is 0 Å². The maximum Gasteiger partial charge on any atom is 0.0500 e. The van der Waals surface area contributed by atoms with Crippen LogP contribution in [0, 0.1) is 5.41 Å². The van der Waals surface area contributed by atoms with Crippen LogP contribution in [0.2, 0.25) is 0 Å². The van der Waals surface area contributed by atoms with Crippen molar-refractivity contribution in [1.82, 2.24) is 5.32 Å². The van der Waals surface area contributed by atoms with Crippen molar-refractivity contribution in [2.75, 3.05) is 26.2 Å². The summed E-state index contributed by atoms with van der Waals surface area (Å²) in [5.74, 6) is 0. The number of nitrogens with two attached hydrogens (primary N) is 1. The zero-order chi connectivity index (χ0) is 8.16. The lowest BCUT2D eigenvalue weighted by atomic mass is 9.79. The van der Waals surface area contributed by atoms with Crippen molar-refractivity contribution in [2.24, 2.45) is 11.1 Å². The van der Waals surface area contributed by atoms with Gasteiger partial charge in [-0.1, -0.05) is 0 Å². The molecule has 1 rings (SSSR count). The van der Waals surface area contributed by atoms with Crippen LogP contribution in [0.15, 0.2) is 0 Å². The van der Waals surface area contributed by atoms with Crippen LogP contribution in [0.3, 0.4) is 0 Å². The maximum atomic E-state index is 9.18. The fourth-order valence-electron chi connectivity index (χ4n) is 1.76. The van der Waals surface area contributed by atoms with Crippen molar-refractivity contribution in [2.45, 2.75) is 19.3 Å². The summed E-state index contributed by atoms with van der Waals surface area (Å²) in [5, 5.41) is 12.5. The summed E-state index contributed by atoms with van der Waals surface area (Å²) >= 11 is 0. The van der Waals surface area contributed by atoms with Crippen LogP contribution in [0.5, 0.6) is 0 Å². The summed E-state index contributed by atoms with van der Waals surface area (Å²) in [6, 6.07) is 0. The third-order valence-electron chi connectivity index (χ3n) is 2.57. The molecular weight excluding hydrogens is 140 g/mol. The quantitative estimate of drug-likeness (QED) is 0.528. The van der Waals surface area contributed by atoms with Crippen molar-refractivity contribution in [3.63, 3.8) is 0 Å². The van der Waals surface area contributed by atoms with Gasteiger partial charge < -0.3 is 16.2 Å². The van der Waals surface area contributed by atoms with Gasteiger partial charge in [-0.15, -0.1) is 0 Å². The highest BCUT2D eigenvalue weighted by molar-refractivity contribution is 4.84. The molecule has 1 atom stereocenters. The standard InChI is InChI=1S/C8H18N2O/c9-4-3-8(7-11)2-1-5-10-6-8/h10-11H,1-7,9H2. The first-order valence-corrected chi connectivity index (χ1v) is 4.35. The SMILES string of the molecule is NCCC1(CO)CCCNC1. The van der Waals surface area contributed by atoms with E-state index in [1.54, 1.807) is 0 Å². The van der Waals surface area contributed by atoms with E-state index in [2.05, 4.69) is 5.32 Å². The van der Waals surface area contributed by atoms with Crippen molar-refractivity contribution < 1.29 is 5.11 Å². The fraction of sp³-hybridized carbons (Fsp3) is 1.00. The van der Waals surface area contributed by atoms with Crippen LogP contribution in [-0.4, -0.2) is 31.3 Å². The summed E-state index contributed by atoms with van der Waals surface area (Å²) in [4.78, 5) is 0. The zero-order valence-electron chi connectivity index (χ0n) is 6.97. The molecule has 3 heteroatoms. The lowest BCUT2D eigenvalue weighted by Gasteiger charge is -2.35. The molecule has 3 nitrogen and oxygen atoms in total. The molecule has 0 aromatic rings. The number of aliphatic hydroxyl groups excluding tert-OH is 1. The molecule has 66 valence electrons. The third kappa shape index (κ3) is 2.15. The lowest BCUT2D eigenvalue weighted by Crippen LogP contribution is -2.43. The van der Waals surface area contributed by atoms with Crippen LogP contribution in [0.4, 0.5) is 0 Å². The van der Waals surface area contributed by atoms with E-state index in [4.69, 9.17) is 5.73 Å². The molecule has 4 N–H and O–H groups in total. The van der Waals surface area contributed by atoms with Gasteiger partial charge in [-0.3, -0.25) is 0 Å². The van der Waals surface area contributed by atoms with Gasteiger partial charge in [-0.2, -0.15) is 0 Å². The van der Waals surface area contributed by atoms with E-state index in [1.807, 2.05) is 0 Å². The molecule has 0 aromatic heterocycles. The minimum atomic E-state index is 0.0903. The van der Waals surface area contributed by atoms with E-state index < -0.39 is 0 Å². The Morgan fingerprint density at radius 2 is 2.36 bits per heavy atom. The predicted octanol–water partition coefficient (Wildman–Crippen LogP) is -0.303. The molecule has 11 heavy (non-hydrogen) atoms. The first-order valence-electron chi connectivity index (χ1n) is 4.35. The second kappa shape index (κ2) is 4.04.